The molecule has 3 nitrogen and oxygen atoms in total. The summed E-state index contributed by atoms with van der Waals surface area (Å²) in [4.78, 5) is 5.36. The van der Waals surface area contributed by atoms with E-state index >= 15 is 0 Å². The van der Waals surface area contributed by atoms with Gasteiger partial charge in [0.15, 0.2) is 0 Å². The molecule has 0 radical (unpaired) electrons. The summed E-state index contributed by atoms with van der Waals surface area (Å²) in [6, 6.07) is 0.720. The maximum absolute atomic E-state index is 3.79. The maximum atomic E-state index is 3.79. The Morgan fingerprint density at radius 1 is 1.14 bits per heavy atom. The molecule has 1 aliphatic heterocycles. The molecule has 1 saturated carbocycles. The first-order valence-corrected chi connectivity index (χ1v) is 9.05. The topological polar surface area (TPSA) is 18.5 Å². The quantitative estimate of drug-likeness (QED) is 0.841. The van der Waals surface area contributed by atoms with Gasteiger partial charge in [-0.2, -0.15) is 0 Å². The van der Waals surface area contributed by atoms with E-state index in [9.17, 15) is 0 Å². The smallest absolute Gasteiger partial charge is 0.0195 e. The van der Waals surface area contributed by atoms with Crippen molar-refractivity contribution in [3.05, 3.63) is 0 Å². The van der Waals surface area contributed by atoms with E-state index in [4.69, 9.17) is 0 Å². The molecule has 0 aromatic carbocycles. The molecule has 2 fully saturated rings. The molecule has 0 aromatic rings. The minimum atomic E-state index is 0.240. The van der Waals surface area contributed by atoms with Crippen molar-refractivity contribution in [2.24, 2.45) is 5.41 Å². The Bertz CT molecular complexity index is 315. The zero-order valence-electron chi connectivity index (χ0n) is 15.0. The van der Waals surface area contributed by atoms with E-state index in [-0.39, 0.29) is 5.54 Å². The summed E-state index contributed by atoms with van der Waals surface area (Å²) >= 11 is 0. The van der Waals surface area contributed by atoms with Crippen LogP contribution in [0.1, 0.15) is 60.3 Å². The average molecular weight is 296 g/mol. The van der Waals surface area contributed by atoms with Crippen LogP contribution >= 0.6 is 0 Å². The van der Waals surface area contributed by atoms with E-state index in [0.717, 1.165) is 6.04 Å². The SMILES string of the molecule is CCN1CCN(CC2(CNC(C)(C)C)CCCC2)CC1C. The van der Waals surface area contributed by atoms with Gasteiger partial charge in [-0.1, -0.05) is 19.8 Å². The van der Waals surface area contributed by atoms with Gasteiger partial charge in [-0.15, -0.1) is 0 Å². The summed E-state index contributed by atoms with van der Waals surface area (Å²) < 4.78 is 0. The van der Waals surface area contributed by atoms with Gasteiger partial charge in [0.2, 0.25) is 0 Å². The molecule has 1 atom stereocenters. The molecule has 1 unspecified atom stereocenters. The van der Waals surface area contributed by atoms with Crippen LogP contribution < -0.4 is 5.32 Å². The lowest BCUT2D eigenvalue weighted by Gasteiger charge is -2.44. The van der Waals surface area contributed by atoms with Crippen LogP contribution in [0.4, 0.5) is 0 Å². The fourth-order valence-corrected chi connectivity index (χ4v) is 4.13. The first kappa shape index (κ1) is 17.2. The van der Waals surface area contributed by atoms with Gasteiger partial charge in [0.05, 0.1) is 0 Å². The molecule has 0 amide bonds. The average Bonchev–Trinajstić information content (AvgIpc) is 2.85. The lowest BCUT2D eigenvalue weighted by atomic mass is 9.84. The molecular weight excluding hydrogens is 258 g/mol. The van der Waals surface area contributed by atoms with Crippen LogP contribution in [0.3, 0.4) is 0 Å². The van der Waals surface area contributed by atoms with Gasteiger partial charge in [0.25, 0.3) is 0 Å². The Balaban J connectivity index is 1.91. The van der Waals surface area contributed by atoms with E-state index in [0.29, 0.717) is 5.41 Å². The normalized spacial score (nSPS) is 28.1. The number of hydrogen-bond donors (Lipinski definition) is 1. The minimum Gasteiger partial charge on any atom is -0.311 e. The Hall–Kier alpha value is -0.120. The van der Waals surface area contributed by atoms with Crippen molar-refractivity contribution in [3.8, 4) is 0 Å². The second-order valence-electron chi connectivity index (χ2n) is 8.52. The third-order valence-electron chi connectivity index (χ3n) is 5.47. The summed E-state index contributed by atoms with van der Waals surface area (Å²) in [5.74, 6) is 0. The Morgan fingerprint density at radius 2 is 1.81 bits per heavy atom. The molecule has 0 bridgehead atoms. The lowest BCUT2D eigenvalue weighted by molar-refractivity contribution is 0.0524. The predicted octanol–water partition coefficient (Wildman–Crippen LogP) is 2.96. The fourth-order valence-electron chi connectivity index (χ4n) is 4.13. The molecule has 1 N–H and O–H groups in total. The first-order chi connectivity index (χ1) is 9.84. The molecule has 124 valence electrons. The maximum Gasteiger partial charge on any atom is 0.0195 e. The molecule has 3 heteroatoms. The van der Waals surface area contributed by atoms with E-state index in [1.165, 1.54) is 65.0 Å². The van der Waals surface area contributed by atoms with Crippen LogP contribution in [0.2, 0.25) is 0 Å². The molecule has 1 saturated heterocycles. The lowest BCUT2D eigenvalue weighted by Crippen LogP contribution is -2.55. The van der Waals surface area contributed by atoms with Crippen molar-refractivity contribution in [3.63, 3.8) is 0 Å². The largest absolute Gasteiger partial charge is 0.311 e. The predicted molar refractivity (Wildman–Crippen MR) is 91.8 cm³/mol. The summed E-state index contributed by atoms with van der Waals surface area (Å²) in [5, 5.41) is 3.79. The second-order valence-corrected chi connectivity index (χ2v) is 8.52. The van der Waals surface area contributed by atoms with Gasteiger partial charge in [0.1, 0.15) is 0 Å². The zero-order valence-corrected chi connectivity index (χ0v) is 15.0. The highest BCUT2D eigenvalue weighted by molar-refractivity contribution is 4.93. The second kappa shape index (κ2) is 6.97. The number of hydrogen-bond acceptors (Lipinski definition) is 3. The number of likely N-dealkylation sites (N-methyl/N-ethyl adjacent to an activating group) is 1. The van der Waals surface area contributed by atoms with Gasteiger partial charge < -0.3 is 5.32 Å². The number of piperazine rings is 1. The van der Waals surface area contributed by atoms with Crippen LogP contribution in [0.15, 0.2) is 0 Å². The van der Waals surface area contributed by atoms with Gasteiger partial charge in [0, 0.05) is 44.3 Å². The molecule has 2 aliphatic rings. The van der Waals surface area contributed by atoms with Crippen LogP contribution in [-0.2, 0) is 0 Å². The van der Waals surface area contributed by atoms with Crippen molar-refractivity contribution in [1.82, 2.24) is 15.1 Å². The third-order valence-corrected chi connectivity index (χ3v) is 5.47. The van der Waals surface area contributed by atoms with Crippen LogP contribution in [0, 0.1) is 5.41 Å². The highest BCUT2D eigenvalue weighted by Gasteiger charge is 2.37. The van der Waals surface area contributed by atoms with Crippen molar-refractivity contribution < 1.29 is 0 Å². The fraction of sp³-hybridized carbons (Fsp3) is 1.00. The molecule has 0 spiro atoms. The van der Waals surface area contributed by atoms with Crippen molar-refractivity contribution in [2.45, 2.75) is 71.9 Å². The summed E-state index contributed by atoms with van der Waals surface area (Å²) in [7, 11) is 0. The van der Waals surface area contributed by atoms with E-state index in [1.807, 2.05) is 0 Å². The molecule has 0 aromatic heterocycles. The van der Waals surface area contributed by atoms with Gasteiger partial charge in [-0.3, -0.25) is 9.80 Å². The summed E-state index contributed by atoms with van der Waals surface area (Å²) in [6.45, 7) is 19.0. The van der Waals surface area contributed by atoms with E-state index in [1.54, 1.807) is 0 Å². The zero-order chi connectivity index (χ0) is 15.5. The highest BCUT2D eigenvalue weighted by atomic mass is 15.3. The van der Waals surface area contributed by atoms with Crippen LogP contribution in [0.25, 0.3) is 0 Å². The Morgan fingerprint density at radius 3 is 2.33 bits per heavy atom. The standard InChI is InChI=1S/C18H37N3/c1-6-21-12-11-20(13-16(21)2)15-18(9-7-8-10-18)14-19-17(3,4)5/h16,19H,6-15H2,1-5H3. The molecule has 21 heavy (non-hydrogen) atoms. The van der Waals surface area contributed by atoms with Crippen molar-refractivity contribution in [1.29, 1.82) is 0 Å². The van der Waals surface area contributed by atoms with Crippen LogP contribution in [0.5, 0.6) is 0 Å². The van der Waals surface area contributed by atoms with Gasteiger partial charge >= 0.3 is 0 Å². The molecule has 1 aliphatic carbocycles. The van der Waals surface area contributed by atoms with Gasteiger partial charge in [-0.05, 0) is 52.5 Å². The van der Waals surface area contributed by atoms with Crippen molar-refractivity contribution in [2.75, 3.05) is 39.3 Å². The monoisotopic (exact) mass is 295 g/mol. The van der Waals surface area contributed by atoms with Gasteiger partial charge in [-0.25, -0.2) is 0 Å². The first-order valence-electron chi connectivity index (χ1n) is 9.05. The molecule has 1 heterocycles. The number of nitrogens with one attached hydrogen (secondary N) is 1. The third kappa shape index (κ3) is 4.94. The number of nitrogens with zero attached hydrogens (tertiary/aromatic N) is 2. The minimum absolute atomic E-state index is 0.240. The van der Waals surface area contributed by atoms with E-state index < -0.39 is 0 Å². The Kier molecular flexibility index (Phi) is 5.72. The highest BCUT2D eigenvalue weighted by Crippen LogP contribution is 2.39. The number of rotatable bonds is 5. The van der Waals surface area contributed by atoms with Crippen LogP contribution in [-0.4, -0.2) is 60.6 Å². The van der Waals surface area contributed by atoms with Crippen molar-refractivity contribution >= 4 is 0 Å². The summed E-state index contributed by atoms with van der Waals surface area (Å²) in [6.07, 6.45) is 5.68. The van der Waals surface area contributed by atoms with E-state index in [2.05, 4.69) is 49.7 Å². The molecular formula is C18H37N3. The molecule has 2 rings (SSSR count). The Labute approximate surface area is 132 Å². The summed E-state index contributed by atoms with van der Waals surface area (Å²) in [5.41, 5.74) is 0.769.